The summed E-state index contributed by atoms with van der Waals surface area (Å²) in [6, 6.07) is 1.73. The molecular weight excluding hydrogens is 525 g/mol. The fourth-order valence-corrected chi connectivity index (χ4v) is 3.78. The number of amides is 2. The van der Waals surface area contributed by atoms with Crippen LogP contribution in [0.5, 0.6) is 0 Å². The maximum absolute atomic E-state index is 12.7. The first-order valence-corrected chi connectivity index (χ1v) is 11.5. The molecule has 4 rings (SSSR count). The van der Waals surface area contributed by atoms with Gasteiger partial charge in [0.05, 0.1) is 18.4 Å². The summed E-state index contributed by atoms with van der Waals surface area (Å²) in [6.45, 7) is 1.86. The van der Waals surface area contributed by atoms with E-state index in [0.29, 0.717) is 12.6 Å². The summed E-state index contributed by atoms with van der Waals surface area (Å²) < 4.78 is 45.0. The Hall–Kier alpha value is -4.33. The van der Waals surface area contributed by atoms with Gasteiger partial charge >= 0.3 is 6.18 Å². The lowest BCUT2D eigenvalue weighted by molar-refractivity contribution is -0.141. The lowest BCUT2D eigenvalue weighted by Gasteiger charge is -2.16. The number of nitrogen functional groups attached to an aromatic ring is 1. The van der Waals surface area contributed by atoms with Crippen LogP contribution in [0.25, 0.3) is 11.2 Å². The van der Waals surface area contributed by atoms with E-state index in [4.69, 9.17) is 10.5 Å². The lowest BCUT2D eigenvalue weighted by Crippen LogP contribution is -2.42. The van der Waals surface area contributed by atoms with Crippen molar-refractivity contribution in [3.8, 4) is 11.8 Å². The molecule has 1 fully saturated rings. The number of likely N-dealkylation sites (N-methyl/N-ethyl adjacent to an activating group) is 1. The van der Waals surface area contributed by atoms with Gasteiger partial charge in [0.2, 0.25) is 5.82 Å². The van der Waals surface area contributed by atoms with E-state index in [1.165, 1.54) is 17.9 Å². The third-order valence-corrected chi connectivity index (χ3v) is 5.73. The molecule has 3 aromatic heterocycles. The number of fused-ring (bicyclic) bond motifs is 1. The average molecular weight is 548 g/mol. The molecule has 5 N–H and O–H groups in total. The summed E-state index contributed by atoms with van der Waals surface area (Å²) in [6.07, 6.45) is -8.06. The Morgan fingerprint density at radius 3 is 2.62 bits per heavy atom. The number of hydrogen-bond acceptors (Lipinski definition) is 10. The fraction of sp³-hybridized carbons (Fsp3) is 0.391. The summed E-state index contributed by atoms with van der Waals surface area (Å²) in [5.74, 6) is 4.02. The van der Waals surface area contributed by atoms with Gasteiger partial charge in [0.25, 0.3) is 11.8 Å². The van der Waals surface area contributed by atoms with E-state index in [9.17, 15) is 33.0 Å². The largest absolute Gasteiger partial charge is 0.433 e. The molecule has 1 saturated heterocycles. The van der Waals surface area contributed by atoms with Crippen LogP contribution in [0.4, 0.5) is 19.0 Å². The minimum Gasteiger partial charge on any atom is -0.387 e. The molecule has 0 aromatic carbocycles. The van der Waals surface area contributed by atoms with Gasteiger partial charge < -0.3 is 30.9 Å². The van der Waals surface area contributed by atoms with Crippen LogP contribution in [0.3, 0.4) is 0 Å². The summed E-state index contributed by atoms with van der Waals surface area (Å²) in [5.41, 5.74) is 5.08. The number of imidazole rings is 1. The number of halogens is 3. The Balaban J connectivity index is 1.52. The molecule has 0 bridgehead atoms. The second kappa shape index (κ2) is 10.8. The zero-order valence-electron chi connectivity index (χ0n) is 20.5. The summed E-state index contributed by atoms with van der Waals surface area (Å²) in [5, 5.41) is 23.3. The average Bonchev–Trinajstić information content (AvgIpc) is 3.44. The zero-order chi connectivity index (χ0) is 28.5. The number of alkyl halides is 3. The van der Waals surface area contributed by atoms with Crippen LogP contribution in [0.1, 0.15) is 35.0 Å². The SMILES string of the molecule is CCNC(=O)[C@H]1O[C@@H](n2cnc3c(N)nc(C#CCN(C)C(=O)c4ccc(C(F)(F)F)nc4)nc32)[C@H](O)[C@@H]1O. The number of carbonyl (C=O) groups excluding carboxylic acids is 2. The predicted octanol–water partition coefficient (Wildman–Crippen LogP) is -0.299. The van der Waals surface area contributed by atoms with E-state index in [-0.39, 0.29) is 34.9 Å². The van der Waals surface area contributed by atoms with Crippen LogP contribution >= 0.6 is 0 Å². The topological polar surface area (TPSA) is 182 Å². The first-order valence-electron chi connectivity index (χ1n) is 11.5. The molecule has 3 aromatic rings. The highest BCUT2D eigenvalue weighted by Crippen LogP contribution is 2.32. The van der Waals surface area contributed by atoms with Gasteiger partial charge in [0.15, 0.2) is 23.8 Å². The van der Waals surface area contributed by atoms with Crippen molar-refractivity contribution in [3.05, 3.63) is 41.7 Å². The van der Waals surface area contributed by atoms with Crippen molar-refractivity contribution in [2.45, 2.75) is 37.6 Å². The molecule has 1 aliphatic heterocycles. The van der Waals surface area contributed by atoms with E-state index < -0.39 is 48.2 Å². The first kappa shape index (κ1) is 27.7. The predicted molar refractivity (Wildman–Crippen MR) is 127 cm³/mol. The lowest BCUT2D eigenvalue weighted by atomic mass is 10.1. The van der Waals surface area contributed by atoms with Crippen LogP contribution in [-0.2, 0) is 15.7 Å². The van der Waals surface area contributed by atoms with E-state index in [1.54, 1.807) is 6.92 Å². The van der Waals surface area contributed by atoms with Crippen LogP contribution in [0, 0.1) is 11.8 Å². The Morgan fingerprint density at radius 1 is 1.23 bits per heavy atom. The Morgan fingerprint density at radius 2 is 1.97 bits per heavy atom. The number of hydrogen-bond donors (Lipinski definition) is 4. The van der Waals surface area contributed by atoms with Gasteiger partial charge in [0, 0.05) is 19.8 Å². The van der Waals surface area contributed by atoms with Crippen molar-refractivity contribution >= 4 is 28.8 Å². The van der Waals surface area contributed by atoms with Gasteiger partial charge in [-0.1, -0.05) is 5.92 Å². The molecule has 0 unspecified atom stereocenters. The number of carbonyl (C=O) groups is 2. The molecule has 0 aliphatic carbocycles. The van der Waals surface area contributed by atoms with E-state index in [1.807, 2.05) is 0 Å². The highest BCUT2D eigenvalue weighted by molar-refractivity contribution is 5.94. The van der Waals surface area contributed by atoms with Gasteiger partial charge in [-0.15, -0.1) is 0 Å². The number of anilines is 1. The molecule has 4 heterocycles. The van der Waals surface area contributed by atoms with Crippen LogP contribution in [0.2, 0.25) is 0 Å². The van der Waals surface area contributed by atoms with Gasteiger partial charge in [0.1, 0.15) is 23.4 Å². The van der Waals surface area contributed by atoms with Crippen LogP contribution in [0.15, 0.2) is 24.7 Å². The summed E-state index contributed by atoms with van der Waals surface area (Å²) in [4.78, 5) is 41.6. The normalized spacial score (nSPS) is 20.9. The highest BCUT2D eigenvalue weighted by atomic mass is 19.4. The van der Waals surface area contributed by atoms with E-state index >= 15 is 0 Å². The Kier molecular flexibility index (Phi) is 7.67. The molecule has 39 heavy (non-hydrogen) atoms. The molecule has 0 saturated carbocycles. The highest BCUT2D eigenvalue weighted by Gasteiger charge is 2.47. The molecule has 0 spiro atoms. The van der Waals surface area contributed by atoms with Gasteiger partial charge in [-0.05, 0) is 25.0 Å². The van der Waals surface area contributed by atoms with Crippen molar-refractivity contribution in [2.24, 2.45) is 0 Å². The van der Waals surface area contributed by atoms with E-state index in [0.717, 1.165) is 17.2 Å². The maximum atomic E-state index is 12.7. The Bertz CT molecular complexity index is 1450. The summed E-state index contributed by atoms with van der Waals surface area (Å²) in [7, 11) is 1.40. The molecular formula is C23H23F3N8O5. The number of nitrogens with zero attached hydrogens (tertiary/aromatic N) is 6. The molecule has 1 aliphatic rings. The first-order chi connectivity index (χ1) is 18.4. The van der Waals surface area contributed by atoms with Crippen LogP contribution < -0.4 is 11.1 Å². The molecule has 206 valence electrons. The van der Waals surface area contributed by atoms with Crippen molar-refractivity contribution in [2.75, 3.05) is 25.9 Å². The van der Waals surface area contributed by atoms with Gasteiger partial charge in [-0.25, -0.2) is 15.0 Å². The molecule has 13 nitrogen and oxygen atoms in total. The number of aliphatic hydroxyl groups excluding tert-OH is 2. The van der Waals surface area contributed by atoms with Crippen molar-refractivity contribution in [1.29, 1.82) is 0 Å². The quantitative estimate of drug-likeness (QED) is 0.309. The fourth-order valence-electron chi connectivity index (χ4n) is 3.78. The molecule has 16 heteroatoms. The number of aromatic nitrogens is 5. The number of nitrogens with two attached hydrogens (primary N) is 1. The van der Waals surface area contributed by atoms with E-state index in [2.05, 4.69) is 37.1 Å². The molecule has 0 radical (unpaired) electrons. The molecule has 2 amide bonds. The van der Waals surface area contributed by atoms with Gasteiger partial charge in [-0.3, -0.25) is 19.1 Å². The maximum Gasteiger partial charge on any atom is 0.433 e. The van der Waals surface area contributed by atoms with Crippen LogP contribution in [-0.4, -0.2) is 89.9 Å². The van der Waals surface area contributed by atoms with Crippen molar-refractivity contribution < 1.29 is 37.7 Å². The Labute approximate surface area is 218 Å². The zero-order valence-corrected chi connectivity index (χ0v) is 20.5. The third kappa shape index (κ3) is 5.60. The standard InChI is InChI=1S/C23H23F3N8O5/c1-3-28-20(37)17-15(35)16(36)22(39-17)34-10-30-14-18(27)31-13(32-19(14)34)5-4-8-33(2)21(38)11-6-7-12(29-9-11)23(24,25)26/h6-7,9-10,15-17,22,35-36H,3,8H2,1-2H3,(H,28,37)(H2,27,31,32)/t15-,16+,17-,22+/m0/s1. The monoisotopic (exact) mass is 548 g/mol. The smallest absolute Gasteiger partial charge is 0.387 e. The number of rotatable bonds is 5. The summed E-state index contributed by atoms with van der Waals surface area (Å²) >= 11 is 0. The number of ether oxygens (including phenoxy) is 1. The van der Waals surface area contributed by atoms with Crippen molar-refractivity contribution in [3.63, 3.8) is 0 Å². The van der Waals surface area contributed by atoms with Crippen molar-refractivity contribution in [1.82, 2.24) is 34.7 Å². The number of pyridine rings is 1. The second-order valence-corrected chi connectivity index (χ2v) is 8.47. The number of aliphatic hydroxyl groups is 2. The van der Waals surface area contributed by atoms with Gasteiger partial charge in [-0.2, -0.15) is 13.2 Å². The number of nitrogens with one attached hydrogen (secondary N) is 1. The third-order valence-electron chi connectivity index (χ3n) is 5.73. The minimum absolute atomic E-state index is 0.0448. The molecule has 4 atom stereocenters. The minimum atomic E-state index is -4.62. The second-order valence-electron chi connectivity index (χ2n) is 8.47.